The van der Waals surface area contributed by atoms with E-state index in [1.807, 2.05) is 0 Å². The molecular formula is C10H11N3O2. The fourth-order valence-corrected chi connectivity index (χ4v) is 1.20. The van der Waals surface area contributed by atoms with Gasteiger partial charge in [0.25, 0.3) is 5.69 Å². The van der Waals surface area contributed by atoms with Crippen LogP contribution in [0, 0.1) is 21.4 Å². The van der Waals surface area contributed by atoms with Gasteiger partial charge in [0.15, 0.2) is 0 Å². The molecule has 1 unspecified atom stereocenters. The lowest BCUT2D eigenvalue weighted by molar-refractivity contribution is -0.384. The summed E-state index contributed by atoms with van der Waals surface area (Å²) in [5.74, 6) is 0. The summed E-state index contributed by atoms with van der Waals surface area (Å²) < 4.78 is 0. The Morgan fingerprint density at radius 3 is 2.53 bits per heavy atom. The van der Waals surface area contributed by atoms with Gasteiger partial charge in [-0.1, -0.05) is 12.1 Å². The molecule has 0 heterocycles. The van der Waals surface area contributed by atoms with Crippen molar-refractivity contribution >= 4 is 5.69 Å². The van der Waals surface area contributed by atoms with Gasteiger partial charge in [-0.3, -0.25) is 10.1 Å². The van der Waals surface area contributed by atoms with E-state index < -0.39 is 4.92 Å². The van der Waals surface area contributed by atoms with Gasteiger partial charge < -0.3 is 5.32 Å². The first kappa shape index (κ1) is 11.1. The Morgan fingerprint density at radius 1 is 1.53 bits per heavy atom. The number of non-ortho nitro benzene ring substituents is 1. The second-order valence-corrected chi connectivity index (χ2v) is 3.10. The highest BCUT2D eigenvalue weighted by atomic mass is 16.6. The number of likely N-dealkylation sites (N-methyl/N-ethyl adjacent to an activating group) is 1. The Kier molecular flexibility index (Phi) is 3.77. The molecule has 0 aliphatic rings. The van der Waals surface area contributed by atoms with Crippen LogP contribution in [-0.4, -0.2) is 18.0 Å². The van der Waals surface area contributed by atoms with Gasteiger partial charge >= 0.3 is 0 Å². The molecule has 0 spiro atoms. The van der Waals surface area contributed by atoms with E-state index >= 15 is 0 Å². The Morgan fingerprint density at radius 2 is 2.13 bits per heavy atom. The topological polar surface area (TPSA) is 79.0 Å². The van der Waals surface area contributed by atoms with Crippen molar-refractivity contribution in [3.8, 4) is 6.07 Å². The van der Waals surface area contributed by atoms with E-state index in [2.05, 4.69) is 11.4 Å². The van der Waals surface area contributed by atoms with Crippen LogP contribution < -0.4 is 5.32 Å². The van der Waals surface area contributed by atoms with Crippen LogP contribution >= 0.6 is 0 Å². The van der Waals surface area contributed by atoms with Gasteiger partial charge in [0.1, 0.15) is 0 Å². The number of rotatable bonds is 4. The van der Waals surface area contributed by atoms with Crippen molar-refractivity contribution in [2.24, 2.45) is 0 Å². The SMILES string of the molecule is CNC(C#N)Cc1ccc([N+](=O)[O-])cc1. The van der Waals surface area contributed by atoms with Crippen molar-refractivity contribution in [2.75, 3.05) is 7.05 Å². The van der Waals surface area contributed by atoms with E-state index in [1.54, 1.807) is 19.2 Å². The number of nitro benzene ring substituents is 1. The summed E-state index contributed by atoms with van der Waals surface area (Å²) in [6.45, 7) is 0. The van der Waals surface area contributed by atoms with Gasteiger partial charge in [-0.25, -0.2) is 0 Å². The molecule has 0 bridgehead atoms. The van der Waals surface area contributed by atoms with Crippen LogP contribution in [-0.2, 0) is 6.42 Å². The Hall–Kier alpha value is -1.93. The third-order valence-corrected chi connectivity index (χ3v) is 2.09. The Balaban J connectivity index is 2.73. The van der Waals surface area contributed by atoms with Crippen LogP contribution in [0.2, 0.25) is 0 Å². The Bertz CT molecular complexity index is 381. The summed E-state index contributed by atoms with van der Waals surface area (Å²) in [5.41, 5.74) is 0.971. The minimum absolute atomic E-state index is 0.0664. The van der Waals surface area contributed by atoms with Crippen molar-refractivity contribution in [3.63, 3.8) is 0 Å². The molecule has 0 aliphatic carbocycles. The molecule has 78 valence electrons. The lowest BCUT2D eigenvalue weighted by Gasteiger charge is -2.06. The van der Waals surface area contributed by atoms with E-state index in [-0.39, 0.29) is 11.7 Å². The average Bonchev–Trinajstić information content (AvgIpc) is 2.26. The maximum Gasteiger partial charge on any atom is 0.269 e. The summed E-state index contributed by atoms with van der Waals surface area (Å²) in [4.78, 5) is 9.95. The summed E-state index contributed by atoms with van der Waals surface area (Å²) in [6.07, 6.45) is 0.547. The highest BCUT2D eigenvalue weighted by Crippen LogP contribution is 2.12. The number of nitro groups is 1. The molecule has 1 rings (SSSR count). The molecule has 0 aliphatic heterocycles. The van der Waals surface area contributed by atoms with Crippen molar-refractivity contribution < 1.29 is 4.92 Å². The molecule has 0 aromatic heterocycles. The minimum atomic E-state index is -0.441. The molecule has 0 fully saturated rings. The minimum Gasteiger partial charge on any atom is -0.305 e. The smallest absolute Gasteiger partial charge is 0.269 e. The van der Waals surface area contributed by atoms with Crippen LogP contribution in [0.1, 0.15) is 5.56 Å². The predicted octanol–water partition coefficient (Wildman–Crippen LogP) is 1.25. The second-order valence-electron chi connectivity index (χ2n) is 3.10. The van der Waals surface area contributed by atoms with Gasteiger partial charge in [-0.15, -0.1) is 0 Å². The quantitative estimate of drug-likeness (QED) is 0.592. The van der Waals surface area contributed by atoms with Crippen molar-refractivity contribution in [1.82, 2.24) is 5.32 Å². The first-order valence-electron chi connectivity index (χ1n) is 4.47. The first-order valence-corrected chi connectivity index (χ1v) is 4.47. The molecule has 1 atom stereocenters. The number of nitrogens with zero attached hydrogens (tertiary/aromatic N) is 2. The number of benzene rings is 1. The predicted molar refractivity (Wildman–Crippen MR) is 55.3 cm³/mol. The molecule has 0 amide bonds. The van der Waals surface area contributed by atoms with E-state index in [0.717, 1.165) is 5.56 Å². The van der Waals surface area contributed by atoms with E-state index in [1.165, 1.54) is 12.1 Å². The van der Waals surface area contributed by atoms with Crippen molar-refractivity contribution in [1.29, 1.82) is 5.26 Å². The average molecular weight is 205 g/mol. The molecule has 1 aromatic carbocycles. The maximum atomic E-state index is 10.4. The fourth-order valence-electron chi connectivity index (χ4n) is 1.20. The fraction of sp³-hybridized carbons (Fsp3) is 0.300. The number of nitriles is 1. The normalized spacial score (nSPS) is 11.7. The molecule has 1 aromatic rings. The lowest BCUT2D eigenvalue weighted by atomic mass is 10.1. The van der Waals surface area contributed by atoms with Crippen LogP contribution in [0.15, 0.2) is 24.3 Å². The van der Waals surface area contributed by atoms with Crippen molar-refractivity contribution in [2.45, 2.75) is 12.5 Å². The van der Waals surface area contributed by atoms with Crippen LogP contribution in [0.5, 0.6) is 0 Å². The number of hydrogen-bond donors (Lipinski definition) is 1. The summed E-state index contributed by atoms with van der Waals surface area (Å²) >= 11 is 0. The molecule has 5 heteroatoms. The summed E-state index contributed by atoms with van der Waals surface area (Å²) in [7, 11) is 1.71. The van der Waals surface area contributed by atoms with Gasteiger partial charge in [-0.2, -0.15) is 5.26 Å². The summed E-state index contributed by atoms with van der Waals surface area (Å²) in [6, 6.07) is 8.06. The Labute approximate surface area is 87.5 Å². The van der Waals surface area contributed by atoms with Crippen LogP contribution in [0.3, 0.4) is 0 Å². The molecule has 0 radical (unpaired) electrons. The van der Waals surface area contributed by atoms with Gasteiger partial charge in [0.05, 0.1) is 17.0 Å². The molecule has 5 nitrogen and oxygen atoms in total. The van der Waals surface area contributed by atoms with Gasteiger partial charge in [-0.05, 0) is 12.6 Å². The molecule has 1 N–H and O–H groups in total. The molecule has 0 saturated heterocycles. The van der Waals surface area contributed by atoms with Gasteiger partial charge in [0.2, 0.25) is 0 Å². The molecule has 0 saturated carbocycles. The molecule has 15 heavy (non-hydrogen) atoms. The first-order chi connectivity index (χ1) is 7.17. The van der Waals surface area contributed by atoms with Crippen LogP contribution in [0.25, 0.3) is 0 Å². The largest absolute Gasteiger partial charge is 0.305 e. The zero-order chi connectivity index (χ0) is 11.3. The standard InChI is InChI=1S/C10H11N3O2/c1-12-9(7-11)6-8-2-4-10(5-3-8)13(14)15/h2-5,9,12H,6H2,1H3. The lowest BCUT2D eigenvalue weighted by Crippen LogP contribution is -2.25. The zero-order valence-electron chi connectivity index (χ0n) is 8.30. The summed E-state index contributed by atoms with van der Waals surface area (Å²) in [5, 5.41) is 21.9. The monoisotopic (exact) mass is 205 g/mol. The highest BCUT2D eigenvalue weighted by molar-refractivity contribution is 5.33. The van der Waals surface area contributed by atoms with Gasteiger partial charge in [0, 0.05) is 18.6 Å². The van der Waals surface area contributed by atoms with E-state index in [9.17, 15) is 10.1 Å². The second kappa shape index (κ2) is 5.08. The number of nitrogens with one attached hydrogen (secondary N) is 1. The van der Waals surface area contributed by atoms with Crippen LogP contribution in [0.4, 0.5) is 5.69 Å². The van der Waals surface area contributed by atoms with Crippen molar-refractivity contribution in [3.05, 3.63) is 39.9 Å². The third-order valence-electron chi connectivity index (χ3n) is 2.09. The highest BCUT2D eigenvalue weighted by Gasteiger charge is 2.07. The zero-order valence-corrected chi connectivity index (χ0v) is 8.30. The van der Waals surface area contributed by atoms with E-state index in [0.29, 0.717) is 6.42 Å². The maximum absolute atomic E-state index is 10.4. The molecular weight excluding hydrogens is 194 g/mol. The third kappa shape index (κ3) is 3.04. The van der Waals surface area contributed by atoms with E-state index in [4.69, 9.17) is 5.26 Å². The number of hydrogen-bond acceptors (Lipinski definition) is 4.